The Balaban J connectivity index is 1.51. The molecule has 2 unspecified atom stereocenters. The van der Waals surface area contributed by atoms with Crippen LogP contribution in [-0.2, 0) is 17.8 Å². The highest BCUT2D eigenvalue weighted by atomic mass is 16.3. The molecule has 1 saturated carbocycles. The van der Waals surface area contributed by atoms with E-state index >= 15 is 0 Å². The van der Waals surface area contributed by atoms with Crippen LogP contribution in [0.1, 0.15) is 30.4 Å². The topological polar surface area (TPSA) is 61.4 Å². The van der Waals surface area contributed by atoms with Gasteiger partial charge in [-0.2, -0.15) is 0 Å². The maximum absolute atomic E-state index is 12.2. The molecule has 4 heteroatoms. The average molecular weight is 274 g/mol. The first-order chi connectivity index (χ1) is 9.72. The Morgan fingerprint density at radius 2 is 2.10 bits per heavy atom. The number of aliphatic hydroxyl groups is 1. The van der Waals surface area contributed by atoms with Gasteiger partial charge in [-0.25, -0.2) is 0 Å². The molecule has 2 aliphatic rings. The van der Waals surface area contributed by atoms with E-state index in [1.54, 1.807) is 0 Å². The summed E-state index contributed by atoms with van der Waals surface area (Å²) in [5, 5.41) is 15.8. The fourth-order valence-electron chi connectivity index (χ4n) is 3.24. The number of hydrogen-bond donors (Lipinski definition) is 3. The lowest BCUT2D eigenvalue weighted by molar-refractivity contribution is -0.123. The van der Waals surface area contributed by atoms with Crippen LogP contribution in [0.25, 0.3) is 0 Å². The second-order valence-electron chi connectivity index (χ2n) is 5.98. The van der Waals surface area contributed by atoms with Crippen molar-refractivity contribution in [3.63, 3.8) is 0 Å². The van der Waals surface area contributed by atoms with Gasteiger partial charge in [0.25, 0.3) is 0 Å². The van der Waals surface area contributed by atoms with E-state index in [0.717, 1.165) is 32.2 Å². The van der Waals surface area contributed by atoms with Crippen molar-refractivity contribution in [3.05, 3.63) is 35.4 Å². The molecule has 1 aromatic rings. The van der Waals surface area contributed by atoms with Crippen LogP contribution in [0.5, 0.6) is 0 Å². The van der Waals surface area contributed by atoms with Gasteiger partial charge in [0.2, 0.25) is 5.91 Å². The van der Waals surface area contributed by atoms with Gasteiger partial charge < -0.3 is 15.7 Å². The zero-order chi connectivity index (χ0) is 13.9. The minimum atomic E-state index is -0.170. The van der Waals surface area contributed by atoms with E-state index in [-0.39, 0.29) is 18.1 Å². The summed E-state index contributed by atoms with van der Waals surface area (Å²) in [4.78, 5) is 12.2. The highest BCUT2D eigenvalue weighted by Gasteiger charge is 2.26. The summed E-state index contributed by atoms with van der Waals surface area (Å²) in [7, 11) is 0. The van der Waals surface area contributed by atoms with Crippen molar-refractivity contribution < 1.29 is 9.90 Å². The van der Waals surface area contributed by atoms with E-state index in [1.807, 2.05) is 12.1 Å². The van der Waals surface area contributed by atoms with Crippen LogP contribution in [0.4, 0.5) is 0 Å². The van der Waals surface area contributed by atoms with Crippen molar-refractivity contribution in [3.8, 4) is 0 Å². The highest BCUT2D eigenvalue weighted by molar-refractivity contribution is 5.82. The molecule has 20 heavy (non-hydrogen) atoms. The number of rotatable bonds is 3. The molecule has 0 radical (unpaired) electrons. The van der Waals surface area contributed by atoms with E-state index < -0.39 is 0 Å². The smallest absolute Gasteiger partial charge is 0.237 e. The van der Waals surface area contributed by atoms with Crippen molar-refractivity contribution in [2.45, 2.75) is 44.4 Å². The molecule has 0 saturated heterocycles. The van der Waals surface area contributed by atoms with Crippen LogP contribution in [0.15, 0.2) is 24.3 Å². The van der Waals surface area contributed by atoms with E-state index in [0.29, 0.717) is 12.5 Å². The number of nitrogens with one attached hydrogen (secondary N) is 2. The molecule has 108 valence electrons. The predicted molar refractivity (Wildman–Crippen MR) is 77.1 cm³/mol. The van der Waals surface area contributed by atoms with Crippen molar-refractivity contribution in [2.75, 3.05) is 6.54 Å². The minimum absolute atomic E-state index is 0.0842. The highest BCUT2D eigenvalue weighted by Crippen LogP contribution is 2.24. The summed E-state index contributed by atoms with van der Waals surface area (Å²) < 4.78 is 0. The number of fused-ring (bicyclic) bond motifs is 1. The van der Waals surface area contributed by atoms with Gasteiger partial charge in [-0.15, -0.1) is 0 Å². The summed E-state index contributed by atoms with van der Waals surface area (Å²) in [6.45, 7) is 1.45. The van der Waals surface area contributed by atoms with Crippen molar-refractivity contribution in [1.82, 2.24) is 10.6 Å². The third-order valence-electron chi connectivity index (χ3n) is 4.48. The lowest BCUT2D eigenvalue weighted by Gasteiger charge is -2.25. The molecule has 3 rings (SSSR count). The summed E-state index contributed by atoms with van der Waals surface area (Å²) in [6, 6.07) is 8.14. The average Bonchev–Trinajstić information content (AvgIpc) is 2.90. The van der Waals surface area contributed by atoms with Crippen LogP contribution in [-0.4, -0.2) is 29.7 Å². The maximum atomic E-state index is 12.2. The number of aliphatic hydroxyl groups excluding tert-OH is 1. The fourth-order valence-corrected chi connectivity index (χ4v) is 3.24. The second kappa shape index (κ2) is 5.94. The number of carbonyl (C=O) groups excluding carboxylic acids is 1. The molecular weight excluding hydrogens is 252 g/mol. The molecule has 1 heterocycles. The Labute approximate surface area is 119 Å². The van der Waals surface area contributed by atoms with Crippen LogP contribution in [0, 0.1) is 5.92 Å². The molecule has 1 aliphatic carbocycles. The molecule has 0 aromatic heterocycles. The predicted octanol–water partition coefficient (Wildman–Crippen LogP) is 0.978. The molecule has 1 aromatic carbocycles. The van der Waals surface area contributed by atoms with Crippen LogP contribution < -0.4 is 10.6 Å². The SMILES string of the molecule is O=C(NCC1CCC(O)C1)[C@@H]1Cc2ccccc2CN1. The first-order valence-electron chi connectivity index (χ1n) is 7.48. The van der Waals surface area contributed by atoms with Gasteiger partial charge in [-0.05, 0) is 42.7 Å². The molecule has 0 spiro atoms. The van der Waals surface area contributed by atoms with E-state index in [9.17, 15) is 9.90 Å². The zero-order valence-corrected chi connectivity index (χ0v) is 11.6. The molecule has 1 amide bonds. The van der Waals surface area contributed by atoms with Crippen molar-refractivity contribution in [2.24, 2.45) is 5.92 Å². The second-order valence-corrected chi connectivity index (χ2v) is 5.98. The number of hydrogen-bond acceptors (Lipinski definition) is 3. The van der Waals surface area contributed by atoms with Crippen molar-refractivity contribution >= 4 is 5.91 Å². The van der Waals surface area contributed by atoms with Gasteiger partial charge in [0, 0.05) is 13.1 Å². The summed E-state index contributed by atoms with van der Waals surface area (Å²) in [5.41, 5.74) is 2.55. The van der Waals surface area contributed by atoms with Gasteiger partial charge in [-0.1, -0.05) is 24.3 Å². The van der Waals surface area contributed by atoms with Crippen LogP contribution >= 0.6 is 0 Å². The molecule has 0 bridgehead atoms. The van der Waals surface area contributed by atoms with E-state index in [1.165, 1.54) is 11.1 Å². The van der Waals surface area contributed by atoms with Crippen molar-refractivity contribution in [1.29, 1.82) is 0 Å². The van der Waals surface area contributed by atoms with Gasteiger partial charge in [0.15, 0.2) is 0 Å². The maximum Gasteiger partial charge on any atom is 0.237 e. The molecule has 1 fully saturated rings. The van der Waals surface area contributed by atoms with E-state index in [4.69, 9.17) is 0 Å². The lowest BCUT2D eigenvalue weighted by atomic mass is 9.95. The first kappa shape index (κ1) is 13.6. The van der Waals surface area contributed by atoms with Crippen LogP contribution in [0.2, 0.25) is 0 Å². The molecule has 1 aliphatic heterocycles. The zero-order valence-electron chi connectivity index (χ0n) is 11.6. The number of carbonyl (C=O) groups is 1. The lowest BCUT2D eigenvalue weighted by Crippen LogP contribution is -2.48. The third kappa shape index (κ3) is 3.02. The Morgan fingerprint density at radius 1 is 1.30 bits per heavy atom. The monoisotopic (exact) mass is 274 g/mol. The number of amides is 1. The Hall–Kier alpha value is -1.39. The quantitative estimate of drug-likeness (QED) is 0.770. The van der Waals surface area contributed by atoms with Gasteiger partial charge in [-0.3, -0.25) is 4.79 Å². The Bertz CT molecular complexity index is 489. The Kier molecular flexibility index (Phi) is 4.03. The molecule has 3 N–H and O–H groups in total. The molecule has 3 atom stereocenters. The summed E-state index contributed by atoms with van der Waals surface area (Å²) >= 11 is 0. The standard InChI is InChI=1S/C16H22N2O2/c19-14-6-5-11(7-14)9-18-16(20)15-8-12-3-1-2-4-13(12)10-17-15/h1-4,11,14-15,17,19H,5-10H2,(H,18,20)/t11?,14?,15-/m0/s1. The summed E-state index contributed by atoms with van der Waals surface area (Å²) in [5.74, 6) is 0.519. The fraction of sp³-hybridized carbons (Fsp3) is 0.562. The van der Waals surface area contributed by atoms with Gasteiger partial charge >= 0.3 is 0 Å². The minimum Gasteiger partial charge on any atom is -0.393 e. The third-order valence-corrected chi connectivity index (χ3v) is 4.48. The van der Waals surface area contributed by atoms with Gasteiger partial charge in [0.05, 0.1) is 12.1 Å². The first-order valence-corrected chi connectivity index (χ1v) is 7.48. The van der Waals surface area contributed by atoms with E-state index in [2.05, 4.69) is 22.8 Å². The Morgan fingerprint density at radius 3 is 2.85 bits per heavy atom. The van der Waals surface area contributed by atoms with Crippen LogP contribution in [0.3, 0.4) is 0 Å². The molecule has 4 nitrogen and oxygen atoms in total. The normalized spacial score (nSPS) is 28.9. The largest absolute Gasteiger partial charge is 0.393 e. The number of benzene rings is 1. The van der Waals surface area contributed by atoms with Gasteiger partial charge in [0.1, 0.15) is 0 Å². The summed E-state index contributed by atoms with van der Waals surface area (Å²) in [6.07, 6.45) is 3.30. The molecular formula is C16H22N2O2.